The predicted octanol–water partition coefficient (Wildman–Crippen LogP) is 5.27. The van der Waals surface area contributed by atoms with Gasteiger partial charge in [0.15, 0.2) is 0 Å². The number of benzene rings is 1. The minimum atomic E-state index is -0.587. The Labute approximate surface area is 176 Å². The molecule has 2 aromatic rings. The van der Waals surface area contributed by atoms with Crippen molar-refractivity contribution in [3.8, 4) is 5.75 Å². The van der Waals surface area contributed by atoms with E-state index in [1.54, 1.807) is 18.2 Å². The molecule has 1 aromatic heterocycles. The third-order valence-electron chi connectivity index (χ3n) is 4.11. The number of thioether (sulfide) groups is 1. The normalized spacial score (nSPS) is 18.9. The summed E-state index contributed by atoms with van der Waals surface area (Å²) in [5.74, 6) is -0.190. The minimum absolute atomic E-state index is 0.122. The molecule has 28 heavy (non-hydrogen) atoms. The van der Waals surface area contributed by atoms with Crippen LogP contribution in [0.1, 0.15) is 20.3 Å². The molecule has 7 nitrogen and oxygen atoms in total. The molecule has 10 heteroatoms. The second-order valence-corrected chi connectivity index (χ2v) is 8.56. The first-order valence-corrected chi connectivity index (χ1v) is 10.1. The van der Waals surface area contributed by atoms with E-state index in [2.05, 4.69) is 10.1 Å². The van der Waals surface area contributed by atoms with Crippen LogP contribution >= 0.6 is 35.0 Å². The van der Waals surface area contributed by atoms with Crippen molar-refractivity contribution < 1.29 is 9.66 Å². The summed E-state index contributed by atoms with van der Waals surface area (Å²) < 4.78 is 5.89. The number of nitrogens with zero attached hydrogens (tertiary/aromatic N) is 4. The molecule has 0 amide bonds. The first kappa shape index (κ1) is 20.7. The van der Waals surface area contributed by atoms with Gasteiger partial charge in [-0.15, -0.1) is 0 Å². The summed E-state index contributed by atoms with van der Waals surface area (Å²) in [5.41, 5.74) is 0.951. The van der Waals surface area contributed by atoms with Crippen LogP contribution in [0.5, 0.6) is 5.75 Å². The third kappa shape index (κ3) is 4.51. The molecule has 1 aliphatic heterocycles. The molecule has 0 saturated heterocycles. The van der Waals surface area contributed by atoms with Gasteiger partial charge in [0.1, 0.15) is 17.7 Å². The van der Waals surface area contributed by atoms with Crippen LogP contribution in [0, 0.1) is 10.1 Å². The Balaban J connectivity index is 1.91. The second-order valence-electron chi connectivity index (χ2n) is 6.25. The number of pyridine rings is 1. The highest BCUT2D eigenvalue weighted by atomic mass is 35.5. The summed E-state index contributed by atoms with van der Waals surface area (Å²) in [5, 5.41) is 18.8. The molecular weight excluding hydrogens is 423 g/mol. The van der Waals surface area contributed by atoms with Crippen molar-refractivity contribution in [3.63, 3.8) is 0 Å². The number of halogens is 2. The summed E-state index contributed by atoms with van der Waals surface area (Å²) in [4.78, 5) is 14.8. The number of nitro groups is 1. The van der Waals surface area contributed by atoms with Crippen molar-refractivity contribution in [1.29, 1.82) is 0 Å². The van der Waals surface area contributed by atoms with Crippen molar-refractivity contribution in [1.82, 2.24) is 9.99 Å². The lowest BCUT2D eigenvalue weighted by molar-refractivity contribution is -0.390. The molecule has 0 aliphatic carbocycles. The van der Waals surface area contributed by atoms with E-state index in [0.717, 1.165) is 10.6 Å². The Morgan fingerprint density at radius 1 is 1.36 bits per heavy atom. The molecule has 3 rings (SSSR count). The van der Waals surface area contributed by atoms with Gasteiger partial charge in [-0.05, 0) is 54.1 Å². The summed E-state index contributed by atoms with van der Waals surface area (Å²) in [6.45, 7) is 4.76. The lowest BCUT2D eigenvalue weighted by Crippen LogP contribution is -2.44. The van der Waals surface area contributed by atoms with Gasteiger partial charge in [0, 0.05) is 33.6 Å². The van der Waals surface area contributed by atoms with Crippen molar-refractivity contribution in [2.75, 3.05) is 13.2 Å². The molecule has 1 atom stereocenters. The van der Waals surface area contributed by atoms with Crippen molar-refractivity contribution in [2.24, 2.45) is 5.10 Å². The molecule has 0 N–H and O–H groups in total. The fraction of sp³-hybridized carbons (Fsp3) is 0.333. The maximum atomic E-state index is 11.2. The maximum absolute atomic E-state index is 11.2. The van der Waals surface area contributed by atoms with Crippen LogP contribution in [0.3, 0.4) is 0 Å². The Hall–Kier alpha value is -2.03. The number of hydrogen-bond donors (Lipinski definition) is 0. The molecule has 2 heterocycles. The number of likely N-dealkylation sites (N-methyl/N-ethyl adjacent to an activating group) is 1. The molecule has 1 unspecified atom stereocenters. The molecule has 0 radical (unpaired) electrons. The van der Waals surface area contributed by atoms with Crippen LogP contribution < -0.4 is 4.74 Å². The van der Waals surface area contributed by atoms with Gasteiger partial charge in [-0.1, -0.05) is 35.0 Å². The van der Waals surface area contributed by atoms with Crippen LogP contribution in [-0.2, 0) is 0 Å². The number of rotatable bonds is 7. The van der Waals surface area contributed by atoms with Crippen LogP contribution in [0.4, 0.5) is 5.82 Å². The Bertz CT molecular complexity index is 907. The second kappa shape index (κ2) is 8.55. The van der Waals surface area contributed by atoms with Crippen LogP contribution in [0.2, 0.25) is 10.0 Å². The SMILES string of the molecule is CCN1N=C(C)CC1(COc1cccnc1[N+](=O)[O-])Sc1cc(Cl)cc(Cl)c1. The van der Waals surface area contributed by atoms with E-state index in [1.807, 2.05) is 31.0 Å². The van der Waals surface area contributed by atoms with Crippen LogP contribution in [0.15, 0.2) is 46.5 Å². The average molecular weight is 441 g/mol. The van der Waals surface area contributed by atoms with Crippen molar-refractivity contribution in [3.05, 3.63) is 56.7 Å². The molecule has 0 fully saturated rings. The summed E-state index contributed by atoms with van der Waals surface area (Å²) in [7, 11) is 0. The lowest BCUT2D eigenvalue weighted by Gasteiger charge is -2.36. The maximum Gasteiger partial charge on any atom is 0.406 e. The first-order chi connectivity index (χ1) is 13.3. The number of hydrogen-bond acceptors (Lipinski definition) is 7. The van der Waals surface area contributed by atoms with Gasteiger partial charge in [-0.3, -0.25) is 5.01 Å². The van der Waals surface area contributed by atoms with Crippen molar-refractivity contribution >= 4 is 46.5 Å². The largest absolute Gasteiger partial charge is 0.482 e. The van der Waals surface area contributed by atoms with Crippen molar-refractivity contribution in [2.45, 2.75) is 30.0 Å². The van der Waals surface area contributed by atoms with E-state index in [1.165, 1.54) is 18.0 Å². The topological polar surface area (TPSA) is 80.9 Å². The molecule has 1 aliphatic rings. The summed E-state index contributed by atoms with van der Waals surface area (Å²) in [6.07, 6.45) is 1.99. The van der Waals surface area contributed by atoms with Gasteiger partial charge in [-0.25, -0.2) is 0 Å². The van der Waals surface area contributed by atoms with E-state index < -0.39 is 9.79 Å². The van der Waals surface area contributed by atoms with E-state index >= 15 is 0 Å². The highest BCUT2D eigenvalue weighted by Gasteiger charge is 2.43. The number of hydrazone groups is 1. The fourth-order valence-corrected chi connectivity index (χ4v) is 5.20. The zero-order valence-corrected chi connectivity index (χ0v) is 17.6. The number of aromatic nitrogens is 1. The zero-order chi connectivity index (χ0) is 20.3. The minimum Gasteiger partial charge on any atom is -0.482 e. The molecular formula is C18H18Cl2N4O3S. The highest BCUT2D eigenvalue weighted by Crippen LogP contribution is 2.44. The van der Waals surface area contributed by atoms with E-state index in [0.29, 0.717) is 23.0 Å². The van der Waals surface area contributed by atoms with Crippen LogP contribution in [0.25, 0.3) is 0 Å². The van der Waals surface area contributed by atoms with Gasteiger partial charge < -0.3 is 14.9 Å². The Morgan fingerprint density at radius 3 is 2.71 bits per heavy atom. The van der Waals surface area contributed by atoms with E-state index in [4.69, 9.17) is 27.9 Å². The zero-order valence-electron chi connectivity index (χ0n) is 15.3. The smallest absolute Gasteiger partial charge is 0.406 e. The standard InChI is InChI=1S/C18H18Cl2N4O3S/c1-3-23-18(10-12(2)22-23,28-15-8-13(19)7-14(20)9-15)11-27-16-5-4-6-21-17(16)24(25)26/h4-9H,3,10-11H2,1-2H3. The van der Waals surface area contributed by atoms with Gasteiger partial charge >= 0.3 is 5.82 Å². The van der Waals surface area contributed by atoms with E-state index in [9.17, 15) is 10.1 Å². The molecule has 148 valence electrons. The Kier molecular flexibility index (Phi) is 6.32. The first-order valence-electron chi connectivity index (χ1n) is 8.52. The van der Waals surface area contributed by atoms with Crippen LogP contribution in [-0.4, -0.2) is 38.7 Å². The Morgan fingerprint density at radius 2 is 2.07 bits per heavy atom. The van der Waals surface area contributed by atoms with Gasteiger partial charge in [-0.2, -0.15) is 5.10 Å². The third-order valence-corrected chi connectivity index (χ3v) is 5.88. The summed E-state index contributed by atoms with van der Waals surface area (Å²) in [6, 6.07) is 8.47. The molecule has 0 bridgehead atoms. The fourth-order valence-electron chi connectivity index (χ4n) is 3.06. The van der Waals surface area contributed by atoms with Gasteiger partial charge in [0.2, 0.25) is 5.75 Å². The van der Waals surface area contributed by atoms with Gasteiger partial charge in [0.05, 0.1) is 0 Å². The molecule has 0 saturated carbocycles. The molecule has 0 spiro atoms. The van der Waals surface area contributed by atoms with Gasteiger partial charge in [0.25, 0.3) is 0 Å². The molecule has 1 aromatic carbocycles. The average Bonchev–Trinajstić information content (AvgIpc) is 2.94. The number of ether oxygens (including phenoxy) is 1. The predicted molar refractivity (Wildman–Crippen MR) is 112 cm³/mol. The van der Waals surface area contributed by atoms with E-state index in [-0.39, 0.29) is 18.2 Å². The summed E-state index contributed by atoms with van der Waals surface area (Å²) >= 11 is 13.8. The monoisotopic (exact) mass is 440 g/mol. The quantitative estimate of drug-likeness (QED) is 0.430. The highest BCUT2D eigenvalue weighted by molar-refractivity contribution is 8.00. The lowest BCUT2D eigenvalue weighted by atomic mass is 10.1.